The van der Waals surface area contributed by atoms with Crippen LogP contribution in [0.1, 0.15) is 27.8 Å². The number of hydrogen-bond donors (Lipinski definition) is 0. The van der Waals surface area contributed by atoms with Crippen LogP contribution in [0.5, 0.6) is 0 Å². The van der Waals surface area contributed by atoms with Gasteiger partial charge in [-0.2, -0.15) is 10.5 Å². The van der Waals surface area contributed by atoms with E-state index in [-0.39, 0.29) is 0 Å². The minimum Gasteiger partial charge on any atom is -0.256 e. The van der Waals surface area contributed by atoms with Gasteiger partial charge in [-0.25, -0.2) is 0 Å². The van der Waals surface area contributed by atoms with Crippen molar-refractivity contribution in [2.45, 2.75) is 6.92 Å². The molecule has 0 N–H and O–H groups in total. The van der Waals surface area contributed by atoms with Crippen LogP contribution in [-0.2, 0) is 0 Å². The predicted molar refractivity (Wildman–Crippen MR) is 108 cm³/mol. The van der Waals surface area contributed by atoms with Gasteiger partial charge in [-0.05, 0) is 60.0 Å². The third-order valence-electron chi connectivity index (χ3n) is 3.99. The highest BCUT2D eigenvalue weighted by Gasteiger charge is 1.99. The molecule has 0 spiro atoms. The summed E-state index contributed by atoms with van der Waals surface area (Å²) in [5, 5.41) is 17.7. The molecule has 3 aromatic rings. The fraction of sp³-hybridized carbons (Fsp3) is 0.0435. The minimum atomic E-state index is 0.627. The SMILES string of the molecule is Cc1ccc(N=Cc2ccc(C#N)cc2)cc1N=Cc1ccc(C#N)cc1. The number of hydrogen-bond acceptors (Lipinski definition) is 4. The quantitative estimate of drug-likeness (QED) is 0.605. The van der Waals surface area contributed by atoms with Crippen molar-refractivity contribution < 1.29 is 0 Å². The van der Waals surface area contributed by atoms with Gasteiger partial charge in [0.15, 0.2) is 0 Å². The summed E-state index contributed by atoms with van der Waals surface area (Å²) in [5.41, 5.74) is 5.81. The van der Waals surface area contributed by atoms with Gasteiger partial charge in [0, 0.05) is 12.4 Å². The zero-order chi connectivity index (χ0) is 19.1. The number of benzene rings is 3. The van der Waals surface area contributed by atoms with Crippen molar-refractivity contribution in [2.24, 2.45) is 9.98 Å². The molecule has 128 valence electrons. The molecule has 0 unspecified atom stereocenters. The van der Waals surface area contributed by atoms with Gasteiger partial charge in [0.25, 0.3) is 0 Å². The molecule has 0 aromatic heterocycles. The molecular formula is C23H16N4. The second-order valence-electron chi connectivity index (χ2n) is 5.95. The summed E-state index contributed by atoms with van der Waals surface area (Å²) in [6, 6.07) is 24.6. The predicted octanol–water partition coefficient (Wildman–Crippen LogP) is 5.24. The van der Waals surface area contributed by atoms with E-state index in [1.165, 1.54) is 0 Å². The van der Waals surface area contributed by atoms with E-state index in [0.29, 0.717) is 11.1 Å². The third kappa shape index (κ3) is 4.75. The van der Waals surface area contributed by atoms with E-state index in [9.17, 15) is 0 Å². The fourth-order valence-corrected chi connectivity index (χ4v) is 2.40. The first kappa shape index (κ1) is 17.8. The van der Waals surface area contributed by atoms with E-state index in [4.69, 9.17) is 10.5 Å². The molecular weight excluding hydrogens is 332 g/mol. The normalized spacial score (nSPS) is 10.8. The van der Waals surface area contributed by atoms with Crippen LogP contribution in [-0.4, -0.2) is 12.4 Å². The van der Waals surface area contributed by atoms with Crippen LogP contribution in [0, 0.1) is 29.6 Å². The molecule has 27 heavy (non-hydrogen) atoms. The first-order chi connectivity index (χ1) is 13.2. The highest BCUT2D eigenvalue weighted by molar-refractivity contribution is 5.84. The second-order valence-corrected chi connectivity index (χ2v) is 5.95. The Morgan fingerprint density at radius 3 is 1.74 bits per heavy atom. The summed E-state index contributed by atoms with van der Waals surface area (Å²) >= 11 is 0. The molecule has 0 aliphatic heterocycles. The minimum absolute atomic E-state index is 0.627. The van der Waals surface area contributed by atoms with Crippen LogP contribution in [0.4, 0.5) is 11.4 Å². The van der Waals surface area contributed by atoms with Gasteiger partial charge in [-0.3, -0.25) is 9.98 Å². The lowest BCUT2D eigenvalue weighted by atomic mass is 10.1. The Balaban J connectivity index is 1.78. The van der Waals surface area contributed by atoms with Crippen LogP contribution in [0.15, 0.2) is 76.7 Å². The van der Waals surface area contributed by atoms with Crippen LogP contribution < -0.4 is 0 Å². The molecule has 0 saturated carbocycles. The van der Waals surface area contributed by atoms with Crippen molar-refractivity contribution in [3.05, 3.63) is 94.5 Å². The Bertz CT molecular complexity index is 1080. The monoisotopic (exact) mass is 348 g/mol. The summed E-state index contributed by atoms with van der Waals surface area (Å²) in [5.74, 6) is 0. The van der Waals surface area contributed by atoms with E-state index in [1.54, 1.807) is 36.7 Å². The van der Waals surface area contributed by atoms with Crippen LogP contribution in [0.2, 0.25) is 0 Å². The Morgan fingerprint density at radius 2 is 1.22 bits per heavy atom. The van der Waals surface area contributed by atoms with E-state index < -0.39 is 0 Å². The molecule has 0 bridgehead atoms. The third-order valence-corrected chi connectivity index (χ3v) is 3.99. The summed E-state index contributed by atoms with van der Waals surface area (Å²) < 4.78 is 0. The molecule has 0 atom stereocenters. The number of nitrogens with zero attached hydrogens (tertiary/aromatic N) is 4. The summed E-state index contributed by atoms with van der Waals surface area (Å²) in [6.45, 7) is 2.00. The Labute approximate surface area is 158 Å². The Hall–Kier alpha value is -4.02. The lowest BCUT2D eigenvalue weighted by Gasteiger charge is -2.02. The molecule has 4 heteroatoms. The molecule has 0 heterocycles. The van der Waals surface area contributed by atoms with Gasteiger partial charge in [-0.15, -0.1) is 0 Å². The maximum absolute atomic E-state index is 8.85. The van der Waals surface area contributed by atoms with E-state index >= 15 is 0 Å². The van der Waals surface area contributed by atoms with Crippen molar-refractivity contribution in [1.82, 2.24) is 0 Å². The van der Waals surface area contributed by atoms with Crippen molar-refractivity contribution in [2.75, 3.05) is 0 Å². The van der Waals surface area contributed by atoms with E-state index in [2.05, 4.69) is 22.1 Å². The van der Waals surface area contributed by atoms with Gasteiger partial charge in [0.1, 0.15) is 0 Å². The molecule has 0 saturated heterocycles. The molecule has 0 fully saturated rings. The number of aryl methyl sites for hydroxylation is 1. The molecule has 0 amide bonds. The number of rotatable bonds is 4. The summed E-state index contributed by atoms with van der Waals surface area (Å²) in [6.07, 6.45) is 3.54. The number of aliphatic imine (C=N–C) groups is 2. The van der Waals surface area contributed by atoms with Gasteiger partial charge in [0.05, 0.1) is 34.6 Å². The van der Waals surface area contributed by atoms with Crippen LogP contribution in [0.3, 0.4) is 0 Å². The molecule has 3 aromatic carbocycles. The van der Waals surface area contributed by atoms with Gasteiger partial charge in [0.2, 0.25) is 0 Å². The maximum Gasteiger partial charge on any atom is 0.0991 e. The Morgan fingerprint density at radius 1 is 0.704 bits per heavy atom. The molecule has 0 radical (unpaired) electrons. The van der Waals surface area contributed by atoms with E-state index in [1.807, 2.05) is 49.4 Å². The molecule has 3 rings (SSSR count). The van der Waals surface area contributed by atoms with Gasteiger partial charge >= 0.3 is 0 Å². The topological polar surface area (TPSA) is 72.3 Å². The standard InChI is InChI=1S/C23H16N4/c1-17-2-11-22(26-15-20-7-3-18(13-24)4-8-20)12-23(17)27-16-21-9-5-19(14-25)6-10-21/h2-12,15-16H,1H3. The van der Waals surface area contributed by atoms with Crippen LogP contribution >= 0.6 is 0 Å². The zero-order valence-corrected chi connectivity index (χ0v) is 14.8. The largest absolute Gasteiger partial charge is 0.256 e. The average molecular weight is 348 g/mol. The number of nitriles is 2. The smallest absolute Gasteiger partial charge is 0.0991 e. The fourth-order valence-electron chi connectivity index (χ4n) is 2.40. The van der Waals surface area contributed by atoms with Crippen molar-refractivity contribution in [1.29, 1.82) is 10.5 Å². The highest BCUT2D eigenvalue weighted by Crippen LogP contribution is 2.25. The highest BCUT2D eigenvalue weighted by atomic mass is 14.8. The lowest BCUT2D eigenvalue weighted by molar-refractivity contribution is 1.38. The van der Waals surface area contributed by atoms with E-state index in [0.717, 1.165) is 28.1 Å². The van der Waals surface area contributed by atoms with Gasteiger partial charge in [-0.1, -0.05) is 30.3 Å². The van der Waals surface area contributed by atoms with Crippen molar-refractivity contribution in [3.63, 3.8) is 0 Å². The zero-order valence-electron chi connectivity index (χ0n) is 14.8. The molecule has 0 aliphatic carbocycles. The van der Waals surface area contributed by atoms with Crippen molar-refractivity contribution in [3.8, 4) is 12.1 Å². The summed E-state index contributed by atoms with van der Waals surface area (Å²) in [7, 11) is 0. The summed E-state index contributed by atoms with van der Waals surface area (Å²) in [4.78, 5) is 9.05. The molecule has 4 nitrogen and oxygen atoms in total. The van der Waals surface area contributed by atoms with Crippen LogP contribution in [0.25, 0.3) is 0 Å². The van der Waals surface area contributed by atoms with Crippen molar-refractivity contribution >= 4 is 23.8 Å². The first-order valence-electron chi connectivity index (χ1n) is 8.37. The molecule has 0 aliphatic rings. The lowest BCUT2D eigenvalue weighted by Crippen LogP contribution is -1.83. The first-order valence-corrected chi connectivity index (χ1v) is 8.37. The maximum atomic E-state index is 8.85. The average Bonchev–Trinajstić information content (AvgIpc) is 2.73. The second kappa shape index (κ2) is 8.38. The van der Waals surface area contributed by atoms with Gasteiger partial charge < -0.3 is 0 Å². The Kier molecular flexibility index (Phi) is 5.52.